The van der Waals surface area contributed by atoms with Crippen LogP contribution in [0.3, 0.4) is 0 Å². The van der Waals surface area contributed by atoms with Crippen LogP contribution in [0.25, 0.3) is 0 Å². The van der Waals surface area contributed by atoms with Gasteiger partial charge in [0.05, 0.1) is 0 Å². The predicted octanol–water partition coefficient (Wildman–Crippen LogP) is 4.24. The molecule has 1 aromatic rings. The minimum atomic E-state index is -0.265. The van der Waals surface area contributed by atoms with Crippen molar-refractivity contribution in [2.45, 2.75) is 53.0 Å². The number of nitrogens with one attached hydrogen (secondary N) is 1. The molecule has 0 spiro atoms. The normalized spacial score (nSPS) is 22.7. The van der Waals surface area contributed by atoms with E-state index < -0.39 is 0 Å². The van der Waals surface area contributed by atoms with E-state index in [0.717, 1.165) is 12.8 Å². The summed E-state index contributed by atoms with van der Waals surface area (Å²) < 4.78 is 13.6. The first-order valence-corrected chi connectivity index (χ1v) is 6.65. The third-order valence-electron chi connectivity index (χ3n) is 3.65. The van der Waals surface area contributed by atoms with Crippen LogP contribution in [0.2, 0.25) is 0 Å². The van der Waals surface area contributed by atoms with Gasteiger partial charge in [-0.3, -0.25) is 0 Å². The maximum absolute atomic E-state index is 13.6. The van der Waals surface area contributed by atoms with Gasteiger partial charge < -0.3 is 5.32 Å². The third kappa shape index (κ3) is 3.21. The zero-order valence-corrected chi connectivity index (χ0v) is 11.8. The molecule has 1 saturated carbocycles. The average molecular weight is 250 g/mol. The zero-order valence-electron chi connectivity index (χ0n) is 11.8. The number of hydrogen-bond acceptors (Lipinski definition) is 2. The van der Waals surface area contributed by atoms with E-state index in [1.165, 1.54) is 12.5 Å². The molecule has 1 aliphatic rings. The molecule has 0 saturated heterocycles. The van der Waals surface area contributed by atoms with Crippen LogP contribution in [-0.2, 0) is 0 Å². The summed E-state index contributed by atoms with van der Waals surface area (Å²) in [7, 11) is 0. The number of pyridine rings is 1. The molecule has 1 fully saturated rings. The first-order valence-electron chi connectivity index (χ1n) is 6.65. The standard InChI is InChI=1S/C15H23FN2/c1-14(2)8-11(9-15(3,4)10-14)18-13-12(16)6-5-7-17-13/h5-7,11H,8-10H2,1-4H3,(H,17,18). The van der Waals surface area contributed by atoms with E-state index in [0.29, 0.717) is 22.7 Å². The van der Waals surface area contributed by atoms with Crippen LogP contribution in [-0.4, -0.2) is 11.0 Å². The summed E-state index contributed by atoms with van der Waals surface area (Å²) in [5, 5.41) is 3.27. The third-order valence-corrected chi connectivity index (χ3v) is 3.65. The molecule has 1 heterocycles. The molecule has 1 aromatic heterocycles. The molecule has 1 N–H and O–H groups in total. The van der Waals surface area contributed by atoms with Crippen molar-refractivity contribution in [1.29, 1.82) is 0 Å². The summed E-state index contributed by atoms with van der Waals surface area (Å²) in [4.78, 5) is 4.08. The highest BCUT2D eigenvalue weighted by Crippen LogP contribution is 2.46. The molecule has 0 aromatic carbocycles. The van der Waals surface area contributed by atoms with E-state index in [1.807, 2.05) is 0 Å². The molecule has 2 nitrogen and oxygen atoms in total. The lowest BCUT2D eigenvalue weighted by Gasteiger charge is -2.45. The smallest absolute Gasteiger partial charge is 0.165 e. The Morgan fingerprint density at radius 2 is 1.83 bits per heavy atom. The topological polar surface area (TPSA) is 24.9 Å². The quantitative estimate of drug-likeness (QED) is 0.849. The maximum atomic E-state index is 13.6. The summed E-state index contributed by atoms with van der Waals surface area (Å²) in [5.74, 6) is 0.120. The van der Waals surface area contributed by atoms with Gasteiger partial charge in [0.15, 0.2) is 11.6 Å². The summed E-state index contributed by atoms with van der Waals surface area (Å²) in [5.41, 5.74) is 0.593. The van der Waals surface area contributed by atoms with Crippen LogP contribution >= 0.6 is 0 Å². The Hall–Kier alpha value is -1.12. The van der Waals surface area contributed by atoms with Crippen molar-refractivity contribution in [1.82, 2.24) is 4.98 Å². The van der Waals surface area contributed by atoms with Gasteiger partial charge in [-0.15, -0.1) is 0 Å². The van der Waals surface area contributed by atoms with Gasteiger partial charge in [-0.25, -0.2) is 9.37 Å². The van der Waals surface area contributed by atoms with Crippen molar-refractivity contribution in [2.75, 3.05) is 5.32 Å². The second-order valence-electron chi connectivity index (χ2n) is 7.09. The summed E-state index contributed by atoms with van der Waals surface area (Å²) in [6.45, 7) is 9.16. The summed E-state index contributed by atoms with van der Waals surface area (Å²) in [6.07, 6.45) is 4.96. The number of aromatic nitrogens is 1. The Bertz CT molecular complexity index is 410. The highest BCUT2D eigenvalue weighted by Gasteiger charge is 2.38. The molecule has 3 heteroatoms. The Morgan fingerprint density at radius 1 is 1.22 bits per heavy atom. The van der Waals surface area contributed by atoms with Crippen molar-refractivity contribution in [3.05, 3.63) is 24.1 Å². The molecule has 0 bridgehead atoms. The highest BCUT2D eigenvalue weighted by atomic mass is 19.1. The van der Waals surface area contributed by atoms with Crippen molar-refractivity contribution in [2.24, 2.45) is 10.8 Å². The minimum absolute atomic E-state index is 0.265. The lowest BCUT2D eigenvalue weighted by Crippen LogP contribution is -2.40. The lowest BCUT2D eigenvalue weighted by molar-refractivity contribution is 0.105. The Morgan fingerprint density at radius 3 is 2.39 bits per heavy atom. The molecule has 0 amide bonds. The fourth-order valence-corrected chi connectivity index (χ4v) is 3.63. The predicted molar refractivity (Wildman–Crippen MR) is 73.0 cm³/mol. The van der Waals surface area contributed by atoms with Crippen LogP contribution in [0.1, 0.15) is 47.0 Å². The molecule has 0 aliphatic heterocycles. The van der Waals surface area contributed by atoms with E-state index in [4.69, 9.17) is 0 Å². The second kappa shape index (κ2) is 4.52. The number of halogens is 1. The SMILES string of the molecule is CC1(C)CC(Nc2ncccc2F)CC(C)(C)C1. The molecule has 0 unspecified atom stereocenters. The van der Waals surface area contributed by atoms with Gasteiger partial charge in [0.1, 0.15) is 0 Å². The summed E-state index contributed by atoms with van der Waals surface area (Å²) >= 11 is 0. The van der Waals surface area contributed by atoms with E-state index in [2.05, 4.69) is 38.0 Å². The monoisotopic (exact) mass is 250 g/mol. The molecule has 18 heavy (non-hydrogen) atoms. The van der Waals surface area contributed by atoms with Crippen LogP contribution in [0, 0.1) is 16.6 Å². The van der Waals surface area contributed by atoms with Gasteiger partial charge in [-0.1, -0.05) is 27.7 Å². The number of anilines is 1. The number of hydrogen-bond donors (Lipinski definition) is 1. The van der Waals surface area contributed by atoms with Crippen LogP contribution in [0.4, 0.5) is 10.2 Å². The maximum Gasteiger partial charge on any atom is 0.165 e. The zero-order chi connectivity index (χ0) is 13.4. The Labute approximate surface area is 109 Å². The molecule has 1 aliphatic carbocycles. The van der Waals surface area contributed by atoms with Crippen molar-refractivity contribution in [3.63, 3.8) is 0 Å². The number of rotatable bonds is 2. The van der Waals surface area contributed by atoms with E-state index in [9.17, 15) is 4.39 Å². The van der Waals surface area contributed by atoms with E-state index in [1.54, 1.807) is 12.3 Å². The fourth-order valence-electron chi connectivity index (χ4n) is 3.63. The first-order chi connectivity index (χ1) is 8.27. The molecule has 0 radical (unpaired) electrons. The molecular formula is C15H23FN2. The minimum Gasteiger partial charge on any atom is -0.365 e. The van der Waals surface area contributed by atoms with Crippen molar-refractivity contribution < 1.29 is 4.39 Å². The molecule has 2 rings (SSSR count). The van der Waals surface area contributed by atoms with Crippen LogP contribution < -0.4 is 5.32 Å². The van der Waals surface area contributed by atoms with Crippen molar-refractivity contribution in [3.8, 4) is 0 Å². The van der Waals surface area contributed by atoms with Crippen LogP contribution in [0.15, 0.2) is 18.3 Å². The second-order valence-corrected chi connectivity index (χ2v) is 7.09. The van der Waals surface area contributed by atoms with Crippen LogP contribution in [0.5, 0.6) is 0 Å². The van der Waals surface area contributed by atoms with E-state index in [-0.39, 0.29) is 5.82 Å². The first kappa shape index (κ1) is 13.3. The summed E-state index contributed by atoms with van der Waals surface area (Å²) in [6, 6.07) is 3.37. The molecule has 0 atom stereocenters. The fraction of sp³-hybridized carbons (Fsp3) is 0.667. The number of nitrogens with zero attached hydrogens (tertiary/aromatic N) is 1. The average Bonchev–Trinajstić information content (AvgIpc) is 2.16. The van der Waals surface area contributed by atoms with Crippen molar-refractivity contribution >= 4 is 5.82 Å². The largest absolute Gasteiger partial charge is 0.365 e. The highest BCUT2D eigenvalue weighted by molar-refractivity contribution is 5.37. The van der Waals surface area contributed by atoms with Gasteiger partial charge in [-0.2, -0.15) is 0 Å². The molecular weight excluding hydrogens is 227 g/mol. The van der Waals surface area contributed by atoms with Gasteiger partial charge in [-0.05, 0) is 42.2 Å². The van der Waals surface area contributed by atoms with Gasteiger partial charge in [0.25, 0.3) is 0 Å². The van der Waals surface area contributed by atoms with Gasteiger partial charge >= 0.3 is 0 Å². The van der Waals surface area contributed by atoms with E-state index >= 15 is 0 Å². The van der Waals surface area contributed by atoms with Gasteiger partial charge in [0.2, 0.25) is 0 Å². The van der Waals surface area contributed by atoms with Gasteiger partial charge in [0, 0.05) is 12.2 Å². The Kier molecular flexibility index (Phi) is 3.35. The Balaban J connectivity index is 2.12. The molecule has 100 valence electrons. The lowest BCUT2D eigenvalue weighted by atomic mass is 9.63.